The number of anilines is 1. The van der Waals surface area contributed by atoms with Crippen LogP contribution in [0, 0.1) is 0 Å². The molecule has 0 spiro atoms. The Balaban J connectivity index is 1.68. The fraction of sp³-hybridized carbons (Fsp3) is 0.316. The highest BCUT2D eigenvalue weighted by atomic mass is 79.9. The number of methoxy groups -OCH3 is 1. The van der Waals surface area contributed by atoms with Crippen LogP contribution in [0.2, 0.25) is 0 Å². The minimum absolute atomic E-state index is 0.151. The van der Waals surface area contributed by atoms with E-state index in [1.165, 1.54) is 7.11 Å². The van der Waals surface area contributed by atoms with E-state index in [4.69, 9.17) is 9.47 Å². The summed E-state index contributed by atoms with van der Waals surface area (Å²) in [5.74, 6) is 1.43. The van der Waals surface area contributed by atoms with Crippen LogP contribution in [0.1, 0.15) is 19.3 Å². The maximum Gasteiger partial charge on any atom is 0.307 e. The molecule has 0 aliphatic carbocycles. The van der Waals surface area contributed by atoms with E-state index >= 15 is 0 Å². The number of esters is 1. The molecule has 0 radical (unpaired) electrons. The lowest BCUT2D eigenvalue weighted by molar-refractivity contribution is -0.140. The summed E-state index contributed by atoms with van der Waals surface area (Å²) in [6.45, 7) is 0.966. The molecule has 1 unspecified atom stereocenters. The lowest BCUT2D eigenvalue weighted by Crippen LogP contribution is -2.31. The number of nitrogens with zero attached hydrogens (tertiary/aromatic N) is 1. The fourth-order valence-corrected chi connectivity index (χ4v) is 3.41. The summed E-state index contributed by atoms with van der Waals surface area (Å²) >= 11 is 3.44. The molecule has 2 aromatic rings. The molecule has 0 aromatic heterocycles. The first-order chi connectivity index (χ1) is 11.7. The van der Waals surface area contributed by atoms with Gasteiger partial charge in [0.1, 0.15) is 11.5 Å². The van der Waals surface area contributed by atoms with Gasteiger partial charge in [0, 0.05) is 22.7 Å². The van der Waals surface area contributed by atoms with Crippen molar-refractivity contribution in [2.75, 3.05) is 18.6 Å². The Bertz CT molecular complexity index is 702. The topological polar surface area (TPSA) is 38.8 Å². The molecule has 4 nitrogen and oxygen atoms in total. The van der Waals surface area contributed by atoms with Gasteiger partial charge in [0.05, 0.1) is 13.5 Å². The van der Waals surface area contributed by atoms with Crippen LogP contribution >= 0.6 is 15.9 Å². The maximum atomic E-state index is 11.6. The monoisotopic (exact) mass is 389 g/mol. The molecule has 0 amide bonds. The first-order valence-electron chi connectivity index (χ1n) is 8.02. The van der Waals surface area contributed by atoms with Crippen molar-refractivity contribution >= 4 is 27.6 Å². The summed E-state index contributed by atoms with van der Waals surface area (Å²) in [5, 5.41) is 0. The molecular weight excluding hydrogens is 370 g/mol. The number of benzene rings is 2. The zero-order valence-electron chi connectivity index (χ0n) is 13.6. The van der Waals surface area contributed by atoms with E-state index in [9.17, 15) is 4.79 Å². The van der Waals surface area contributed by atoms with Crippen molar-refractivity contribution in [3.8, 4) is 11.5 Å². The van der Waals surface area contributed by atoms with Crippen molar-refractivity contribution in [2.24, 2.45) is 0 Å². The first-order valence-corrected chi connectivity index (χ1v) is 8.82. The minimum atomic E-state index is -0.151. The molecule has 1 aliphatic heterocycles. The lowest BCUT2D eigenvalue weighted by atomic mass is 10.1. The van der Waals surface area contributed by atoms with E-state index in [1.54, 1.807) is 0 Å². The molecule has 2 aromatic carbocycles. The van der Waals surface area contributed by atoms with Gasteiger partial charge in [-0.05, 0) is 55.3 Å². The van der Waals surface area contributed by atoms with Gasteiger partial charge in [-0.25, -0.2) is 0 Å². The summed E-state index contributed by atoms with van der Waals surface area (Å²) in [4.78, 5) is 13.8. The zero-order chi connectivity index (χ0) is 16.9. The van der Waals surface area contributed by atoms with E-state index in [2.05, 4.69) is 20.8 Å². The van der Waals surface area contributed by atoms with Gasteiger partial charge in [-0.2, -0.15) is 0 Å². The molecule has 1 aliphatic rings. The molecule has 0 saturated carbocycles. The van der Waals surface area contributed by atoms with Gasteiger partial charge in [0.25, 0.3) is 0 Å². The van der Waals surface area contributed by atoms with E-state index in [0.717, 1.165) is 41.0 Å². The van der Waals surface area contributed by atoms with Gasteiger partial charge in [-0.15, -0.1) is 0 Å². The van der Waals surface area contributed by atoms with Crippen LogP contribution in [-0.4, -0.2) is 25.7 Å². The average molecular weight is 390 g/mol. The quantitative estimate of drug-likeness (QED) is 0.690. The third-order valence-electron chi connectivity index (χ3n) is 4.21. The highest BCUT2D eigenvalue weighted by Crippen LogP contribution is 2.30. The van der Waals surface area contributed by atoms with Crippen molar-refractivity contribution in [3.05, 3.63) is 53.0 Å². The first kappa shape index (κ1) is 16.8. The Morgan fingerprint density at radius 3 is 2.71 bits per heavy atom. The molecule has 126 valence electrons. The molecule has 5 heteroatoms. The van der Waals surface area contributed by atoms with Crippen LogP contribution in [0.3, 0.4) is 0 Å². The predicted molar refractivity (Wildman–Crippen MR) is 97.7 cm³/mol. The largest absolute Gasteiger partial charge is 0.469 e. The van der Waals surface area contributed by atoms with E-state index in [1.807, 2.05) is 48.5 Å². The minimum Gasteiger partial charge on any atom is -0.469 e. The molecule has 1 saturated heterocycles. The van der Waals surface area contributed by atoms with Crippen LogP contribution in [-0.2, 0) is 9.53 Å². The lowest BCUT2D eigenvalue weighted by Gasteiger charge is -2.26. The summed E-state index contributed by atoms with van der Waals surface area (Å²) in [6, 6.07) is 16.0. The number of carbonyl (C=O) groups is 1. The number of ether oxygens (including phenoxy) is 2. The number of halogens is 1. The molecule has 1 fully saturated rings. The van der Waals surface area contributed by atoms with Gasteiger partial charge >= 0.3 is 5.97 Å². The summed E-state index contributed by atoms with van der Waals surface area (Å²) in [5.41, 5.74) is 1.11. The number of rotatable bonds is 5. The third kappa shape index (κ3) is 4.09. The molecule has 0 N–H and O–H groups in total. The van der Waals surface area contributed by atoms with Gasteiger partial charge < -0.3 is 14.4 Å². The Kier molecular flexibility index (Phi) is 5.41. The Labute approximate surface area is 150 Å². The number of carbonyl (C=O) groups excluding carboxylic acids is 1. The van der Waals surface area contributed by atoms with Crippen LogP contribution < -0.4 is 9.64 Å². The number of hydrogen-bond donors (Lipinski definition) is 0. The summed E-state index contributed by atoms with van der Waals surface area (Å²) < 4.78 is 11.7. The Hall–Kier alpha value is -2.01. The normalized spacial score (nSPS) is 16.9. The molecule has 3 rings (SSSR count). The van der Waals surface area contributed by atoms with Gasteiger partial charge in [0.15, 0.2) is 0 Å². The van der Waals surface area contributed by atoms with E-state index in [0.29, 0.717) is 6.42 Å². The second-order valence-corrected chi connectivity index (χ2v) is 6.74. The standard InChI is InChI=1S/C19H20BrNO3/c1-23-19(22)13-16-5-3-11-21(16)15-7-9-17(10-8-15)24-18-6-2-4-14(20)12-18/h2,4,6-10,12,16H,3,5,11,13H2,1H3. The predicted octanol–water partition coefficient (Wildman–Crippen LogP) is 4.77. The summed E-state index contributed by atoms with van der Waals surface area (Å²) in [7, 11) is 1.44. The average Bonchev–Trinajstić information content (AvgIpc) is 3.03. The summed E-state index contributed by atoms with van der Waals surface area (Å²) in [6.07, 6.45) is 2.55. The molecule has 0 bridgehead atoms. The van der Waals surface area contributed by atoms with Crippen molar-refractivity contribution in [2.45, 2.75) is 25.3 Å². The van der Waals surface area contributed by atoms with Crippen LogP contribution in [0.4, 0.5) is 5.69 Å². The molecular formula is C19H20BrNO3. The second kappa shape index (κ2) is 7.71. The SMILES string of the molecule is COC(=O)CC1CCCN1c1ccc(Oc2cccc(Br)c2)cc1. The maximum absolute atomic E-state index is 11.6. The molecule has 1 atom stereocenters. The van der Waals surface area contributed by atoms with Crippen LogP contribution in [0.5, 0.6) is 11.5 Å². The highest BCUT2D eigenvalue weighted by molar-refractivity contribution is 9.10. The zero-order valence-corrected chi connectivity index (χ0v) is 15.2. The third-order valence-corrected chi connectivity index (χ3v) is 4.70. The van der Waals surface area contributed by atoms with Crippen molar-refractivity contribution in [3.63, 3.8) is 0 Å². The van der Waals surface area contributed by atoms with E-state index in [-0.39, 0.29) is 12.0 Å². The molecule has 1 heterocycles. The van der Waals surface area contributed by atoms with Crippen molar-refractivity contribution in [1.82, 2.24) is 0 Å². The van der Waals surface area contributed by atoms with Crippen molar-refractivity contribution < 1.29 is 14.3 Å². The van der Waals surface area contributed by atoms with Gasteiger partial charge in [-0.3, -0.25) is 4.79 Å². The van der Waals surface area contributed by atoms with Crippen LogP contribution in [0.15, 0.2) is 53.0 Å². The highest BCUT2D eigenvalue weighted by Gasteiger charge is 2.27. The smallest absolute Gasteiger partial charge is 0.307 e. The van der Waals surface area contributed by atoms with E-state index < -0.39 is 0 Å². The fourth-order valence-electron chi connectivity index (χ4n) is 3.04. The Morgan fingerprint density at radius 1 is 1.21 bits per heavy atom. The second-order valence-electron chi connectivity index (χ2n) is 5.82. The number of hydrogen-bond acceptors (Lipinski definition) is 4. The van der Waals surface area contributed by atoms with Crippen molar-refractivity contribution in [1.29, 1.82) is 0 Å². The molecule has 24 heavy (non-hydrogen) atoms. The van der Waals surface area contributed by atoms with Crippen LogP contribution in [0.25, 0.3) is 0 Å². The van der Waals surface area contributed by atoms with Gasteiger partial charge in [-0.1, -0.05) is 22.0 Å². The van der Waals surface area contributed by atoms with Gasteiger partial charge in [0.2, 0.25) is 0 Å². The Morgan fingerprint density at radius 2 is 2.00 bits per heavy atom.